The number of aliphatic hydroxyl groups is 3. The topological polar surface area (TPSA) is 129 Å². The molecule has 0 unspecified atom stereocenters. The first-order valence-corrected chi connectivity index (χ1v) is 13.6. The maximum atomic E-state index is 13.1. The molecular weight excluding hydrogens is 603 g/mol. The summed E-state index contributed by atoms with van der Waals surface area (Å²) in [6.45, 7) is 3.68. The van der Waals surface area contributed by atoms with E-state index in [1.54, 1.807) is 30.0 Å². The van der Waals surface area contributed by atoms with Crippen LogP contribution in [0, 0.1) is 10.5 Å². The van der Waals surface area contributed by atoms with Gasteiger partial charge in [-0.15, -0.1) is 0 Å². The minimum Gasteiger partial charge on any atom is -0.493 e. The van der Waals surface area contributed by atoms with Gasteiger partial charge in [0, 0.05) is 31.5 Å². The zero-order valence-electron chi connectivity index (χ0n) is 21.8. The molecule has 206 valence electrons. The van der Waals surface area contributed by atoms with Gasteiger partial charge in [0.25, 0.3) is 0 Å². The fraction of sp³-hybridized carbons (Fsp3) is 0.429. The van der Waals surface area contributed by atoms with Crippen LogP contribution in [-0.2, 0) is 22.7 Å². The van der Waals surface area contributed by atoms with Gasteiger partial charge in [0.15, 0.2) is 11.5 Å². The molecule has 38 heavy (non-hydrogen) atoms. The highest BCUT2D eigenvalue weighted by atomic mass is 127. The third kappa shape index (κ3) is 7.25. The van der Waals surface area contributed by atoms with Gasteiger partial charge in [-0.1, -0.05) is 36.8 Å². The Bertz CT molecular complexity index is 1150. The number of hydrogen-bond acceptors (Lipinski definition) is 7. The van der Waals surface area contributed by atoms with Gasteiger partial charge in [-0.2, -0.15) is 0 Å². The molecule has 10 heteroatoms. The highest BCUT2D eigenvalue weighted by Crippen LogP contribution is 2.37. The van der Waals surface area contributed by atoms with Crippen LogP contribution in [0.25, 0.3) is 0 Å². The Balaban J connectivity index is 2.01. The second-order valence-corrected chi connectivity index (χ2v) is 10.3. The fourth-order valence-electron chi connectivity index (χ4n) is 4.38. The van der Waals surface area contributed by atoms with Gasteiger partial charge in [0.2, 0.25) is 11.8 Å². The van der Waals surface area contributed by atoms with E-state index >= 15 is 0 Å². The van der Waals surface area contributed by atoms with Crippen molar-refractivity contribution >= 4 is 34.4 Å². The molecule has 0 spiro atoms. The number of nitrogens with one attached hydrogen (secondary N) is 1. The number of benzene rings is 2. The van der Waals surface area contributed by atoms with Crippen LogP contribution in [0.2, 0.25) is 0 Å². The van der Waals surface area contributed by atoms with Gasteiger partial charge in [-0.25, -0.2) is 0 Å². The summed E-state index contributed by atoms with van der Waals surface area (Å²) in [6, 6.07) is 10.5. The molecule has 1 aliphatic rings. The summed E-state index contributed by atoms with van der Waals surface area (Å²) >= 11 is 2.06. The van der Waals surface area contributed by atoms with Crippen molar-refractivity contribution in [3.05, 3.63) is 68.3 Å². The average molecular weight is 638 g/mol. The number of carbonyl (C=O) groups excluding carboxylic acids is 2. The number of halogens is 1. The predicted octanol–water partition coefficient (Wildman–Crippen LogP) is 2.45. The van der Waals surface area contributed by atoms with Crippen LogP contribution in [-0.4, -0.2) is 70.5 Å². The van der Waals surface area contributed by atoms with Gasteiger partial charge in [0.1, 0.15) is 12.2 Å². The Morgan fingerprint density at radius 1 is 1.16 bits per heavy atom. The number of amides is 2. The maximum Gasteiger partial charge on any atom is 0.247 e. The molecule has 0 saturated carbocycles. The SMILES string of the molecule is CCC(=O)N(Cc1ccc(C)cc1)[C@@H]1CC(C(=O)NCCO)=C[C@H](Oc2c(I)cc(CO)cc2OC)[C@H]1O. The Hall–Kier alpha value is -2.67. The molecule has 9 nitrogen and oxygen atoms in total. The molecule has 2 aromatic carbocycles. The molecule has 0 aromatic heterocycles. The van der Waals surface area contributed by atoms with E-state index in [4.69, 9.17) is 9.47 Å². The third-order valence-electron chi connectivity index (χ3n) is 6.44. The van der Waals surface area contributed by atoms with Crippen molar-refractivity contribution in [3.63, 3.8) is 0 Å². The lowest BCUT2D eigenvalue weighted by molar-refractivity contribution is -0.139. The van der Waals surface area contributed by atoms with E-state index in [2.05, 4.69) is 27.9 Å². The molecule has 0 radical (unpaired) electrons. The van der Waals surface area contributed by atoms with Crippen molar-refractivity contribution in [2.75, 3.05) is 20.3 Å². The van der Waals surface area contributed by atoms with E-state index in [0.29, 0.717) is 26.2 Å². The maximum absolute atomic E-state index is 13.1. The van der Waals surface area contributed by atoms with E-state index in [0.717, 1.165) is 11.1 Å². The first-order chi connectivity index (χ1) is 18.2. The number of ether oxygens (including phenoxy) is 2. The molecule has 0 aliphatic heterocycles. The standard InChI is InChI=1S/C28H35IN2O7/c1-4-25(34)31(15-18-7-5-17(2)6-8-18)22-13-20(28(36)30-9-10-32)14-23(26(22)35)38-27-21(29)11-19(16-33)12-24(27)37-3/h5-8,11-12,14,22-23,26,32-33,35H,4,9-10,13,15-16H2,1-3H3,(H,30,36)/t22-,23+,26+/m1/s1. The minimum absolute atomic E-state index is 0.0736. The monoisotopic (exact) mass is 638 g/mol. The summed E-state index contributed by atoms with van der Waals surface area (Å²) in [5.74, 6) is 0.162. The summed E-state index contributed by atoms with van der Waals surface area (Å²) < 4.78 is 12.4. The third-order valence-corrected chi connectivity index (χ3v) is 7.24. The first-order valence-electron chi connectivity index (χ1n) is 12.5. The summed E-state index contributed by atoms with van der Waals surface area (Å²) in [5.41, 5.74) is 2.98. The van der Waals surface area contributed by atoms with Crippen LogP contribution in [0.1, 0.15) is 36.5 Å². The molecule has 2 amide bonds. The highest BCUT2D eigenvalue weighted by molar-refractivity contribution is 14.1. The van der Waals surface area contributed by atoms with Crippen molar-refractivity contribution in [1.29, 1.82) is 0 Å². The normalized spacial score (nSPS) is 18.9. The highest BCUT2D eigenvalue weighted by Gasteiger charge is 2.40. The van der Waals surface area contributed by atoms with E-state index in [9.17, 15) is 24.9 Å². The predicted molar refractivity (Wildman–Crippen MR) is 151 cm³/mol. The minimum atomic E-state index is -1.15. The van der Waals surface area contributed by atoms with E-state index < -0.39 is 24.2 Å². The molecule has 3 rings (SSSR count). The van der Waals surface area contributed by atoms with Crippen LogP contribution in [0.4, 0.5) is 0 Å². The number of methoxy groups -OCH3 is 1. The molecule has 0 fully saturated rings. The van der Waals surface area contributed by atoms with Gasteiger partial charge in [-0.3, -0.25) is 9.59 Å². The number of rotatable bonds is 11. The molecular formula is C28H35IN2O7. The number of hydrogen-bond donors (Lipinski definition) is 4. The zero-order chi connectivity index (χ0) is 27.8. The summed E-state index contributed by atoms with van der Waals surface area (Å²) in [7, 11) is 1.48. The van der Waals surface area contributed by atoms with Crippen LogP contribution < -0.4 is 14.8 Å². The van der Waals surface area contributed by atoms with Crippen molar-refractivity contribution in [3.8, 4) is 11.5 Å². The van der Waals surface area contributed by atoms with Gasteiger partial charge < -0.3 is 35.0 Å². The second-order valence-electron chi connectivity index (χ2n) is 9.14. The van der Waals surface area contributed by atoms with Crippen molar-refractivity contribution in [2.24, 2.45) is 0 Å². The van der Waals surface area contributed by atoms with Crippen LogP contribution in [0.3, 0.4) is 0 Å². The zero-order valence-corrected chi connectivity index (χ0v) is 24.0. The van der Waals surface area contributed by atoms with Crippen molar-refractivity contribution < 1.29 is 34.4 Å². The van der Waals surface area contributed by atoms with Gasteiger partial charge >= 0.3 is 0 Å². The largest absolute Gasteiger partial charge is 0.493 e. The summed E-state index contributed by atoms with van der Waals surface area (Å²) in [6.07, 6.45) is -0.221. The molecule has 0 bridgehead atoms. The lowest BCUT2D eigenvalue weighted by atomic mass is 9.87. The molecule has 4 N–H and O–H groups in total. The average Bonchev–Trinajstić information content (AvgIpc) is 2.92. The molecule has 2 aromatic rings. The second kappa shape index (κ2) is 13.9. The molecule has 0 heterocycles. The van der Waals surface area contributed by atoms with Crippen LogP contribution in [0.15, 0.2) is 48.0 Å². The van der Waals surface area contributed by atoms with Crippen molar-refractivity contribution in [1.82, 2.24) is 10.2 Å². The first kappa shape index (κ1) is 29.9. The van der Waals surface area contributed by atoms with Gasteiger partial charge in [-0.05, 0) is 58.9 Å². The molecule has 0 saturated heterocycles. The Morgan fingerprint density at radius 2 is 1.87 bits per heavy atom. The summed E-state index contributed by atoms with van der Waals surface area (Å²) in [5, 5.41) is 32.9. The van der Waals surface area contributed by atoms with E-state index in [-0.39, 0.29) is 45.1 Å². The van der Waals surface area contributed by atoms with Crippen molar-refractivity contribution in [2.45, 2.75) is 58.1 Å². The Labute approximate surface area is 236 Å². The quantitative estimate of drug-likeness (QED) is 0.279. The Morgan fingerprint density at radius 3 is 2.47 bits per heavy atom. The molecule has 3 atom stereocenters. The van der Waals surface area contributed by atoms with Crippen LogP contribution in [0.5, 0.6) is 11.5 Å². The summed E-state index contributed by atoms with van der Waals surface area (Å²) in [4.78, 5) is 27.7. The number of aryl methyl sites for hydroxylation is 1. The van der Waals surface area contributed by atoms with E-state index in [1.165, 1.54) is 7.11 Å². The van der Waals surface area contributed by atoms with E-state index in [1.807, 2.05) is 31.2 Å². The Kier molecular flexibility index (Phi) is 11.0. The number of nitrogens with zero attached hydrogens (tertiary/aromatic N) is 1. The number of carbonyl (C=O) groups is 2. The number of aliphatic hydroxyl groups excluding tert-OH is 3. The van der Waals surface area contributed by atoms with Crippen LogP contribution >= 0.6 is 22.6 Å². The lowest BCUT2D eigenvalue weighted by Crippen LogP contribution is -2.54. The fourth-order valence-corrected chi connectivity index (χ4v) is 5.17. The lowest BCUT2D eigenvalue weighted by Gasteiger charge is -2.40. The molecule has 1 aliphatic carbocycles. The van der Waals surface area contributed by atoms with Gasteiger partial charge in [0.05, 0.1) is 29.9 Å². The smallest absolute Gasteiger partial charge is 0.247 e.